The van der Waals surface area contributed by atoms with E-state index in [4.69, 9.17) is 0 Å². The third kappa shape index (κ3) is 5.49. The SMILES string of the molecule is [CH2]CCC#CCF. The molecule has 0 saturated carbocycles. The molecule has 0 aliphatic rings. The van der Waals surface area contributed by atoms with Gasteiger partial charge in [0.25, 0.3) is 0 Å². The molecule has 0 unspecified atom stereocenters. The second-order valence-electron chi connectivity index (χ2n) is 1.09. The molecule has 0 fully saturated rings. The van der Waals surface area contributed by atoms with Crippen LogP contribution < -0.4 is 0 Å². The molecule has 0 amide bonds. The Morgan fingerprint density at radius 1 is 1.43 bits per heavy atom. The van der Waals surface area contributed by atoms with E-state index in [0.717, 1.165) is 6.42 Å². The summed E-state index contributed by atoms with van der Waals surface area (Å²) in [6, 6.07) is 0. The summed E-state index contributed by atoms with van der Waals surface area (Å²) in [6.45, 7) is 3.00. The molecule has 7 heavy (non-hydrogen) atoms. The zero-order valence-electron chi connectivity index (χ0n) is 4.21. The molecular formula is C6H8F. The number of hydrogen-bond acceptors (Lipinski definition) is 0. The van der Waals surface area contributed by atoms with Crippen molar-refractivity contribution in [2.24, 2.45) is 0 Å². The fraction of sp³-hybridized carbons (Fsp3) is 0.500. The van der Waals surface area contributed by atoms with E-state index >= 15 is 0 Å². The van der Waals surface area contributed by atoms with Crippen LogP contribution in [0.25, 0.3) is 0 Å². The molecular weight excluding hydrogens is 91.1 g/mol. The quantitative estimate of drug-likeness (QED) is 0.438. The van der Waals surface area contributed by atoms with Crippen molar-refractivity contribution in [1.82, 2.24) is 0 Å². The summed E-state index contributed by atoms with van der Waals surface area (Å²) in [5, 5.41) is 0. The molecule has 1 heteroatoms. The van der Waals surface area contributed by atoms with Crippen molar-refractivity contribution < 1.29 is 4.39 Å². The Balaban J connectivity index is 2.91. The van der Waals surface area contributed by atoms with Gasteiger partial charge in [0.1, 0.15) is 6.67 Å². The maximum Gasteiger partial charge on any atom is 0.150 e. The van der Waals surface area contributed by atoms with Crippen LogP contribution in [0, 0.1) is 18.8 Å². The molecule has 1 radical (unpaired) electrons. The maximum atomic E-state index is 11.1. The lowest BCUT2D eigenvalue weighted by Crippen LogP contribution is -1.63. The summed E-state index contributed by atoms with van der Waals surface area (Å²) < 4.78 is 11.1. The second-order valence-corrected chi connectivity index (χ2v) is 1.09. The van der Waals surface area contributed by atoms with Crippen LogP contribution in [-0.2, 0) is 0 Å². The molecule has 0 nitrogen and oxygen atoms in total. The first-order valence-electron chi connectivity index (χ1n) is 2.22. The molecule has 0 aromatic carbocycles. The van der Waals surface area contributed by atoms with Crippen LogP contribution in [0.3, 0.4) is 0 Å². The zero-order valence-corrected chi connectivity index (χ0v) is 4.21. The highest BCUT2D eigenvalue weighted by Gasteiger charge is 1.67. The summed E-state index contributed by atoms with van der Waals surface area (Å²) in [6.07, 6.45) is 1.48. The van der Waals surface area contributed by atoms with Gasteiger partial charge >= 0.3 is 0 Å². The van der Waals surface area contributed by atoms with Gasteiger partial charge in [-0.25, -0.2) is 4.39 Å². The number of unbranched alkanes of at least 4 members (excludes halogenated alkanes) is 1. The first kappa shape index (κ1) is 6.49. The third-order valence-corrected chi connectivity index (χ3v) is 0.494. The van der Waals surface area contributed by atoms with Crippen molar-refractivity contribution in [3.63, 3.8) is 0 Å². The van der Waals surface area contributed by atoms with E-state index in [1.165, 1.54) is 0 Å². The van der Waals surface area contributed by atoms with Crippen LogP contribution in [0.15, 0.2) is 0 Å². The number of hydrogen-bond donors (Lipinski definition) is 0. The van der Waals surface area contributed by atoms with E-state index < -0.39 is 6.67 Å². The van der Waals surface area contributed by atoms with Crippen molar-refractivity contribution in [2.75, 3.05) is 6.67 Å². The van der Waals surface area contributed by atoms with Crippen molar-refractivity contribution in [3.8, 4) is 11.8 Å². The number of alkyl halides is 1. The molecule has 0 N–H and O–H groups in total. The van der Waals surface area contributed by atoms with Gasteiger partial charge in [0.2, 0.25) is 0 Å². The van der Waals surface area contributed by atoms with Gasteiger partial charge in [-0.1, -0.05) is 12.8 Å². The molecule has 0 aromatic heterocycles. The van der Waals surface area contributed by atoms with E-state index in [9.17, 15) is 4.39 Å². The van der Waals surface area contributed by atoms with Gasteiger partial charge < -0.3 is 0 Å². The minimum atomic E-state index is -0.528. The smallest absolute Gasteiger partial charge is 0.150 e. The van der Waals surface area contributed by atoms with Crippen molar-refractivity contribution >= 4 is 0 Å². The Morgan fingerprint density at radius 3 is 2.57 bits per heavy atom. The molecule has 0 rings (SSSR count). The molecule has 0 bridgehead atoms. The molecule has 0 spiro atoms. The molecule has 0 aliphatic carbocycles. The fourth-order valence-corrected chi connectivity index (χ4v) is 0.224. The van der Waals surface area contributed by atoms with Gasteiger partial charge in [0, 0.05) is 6.42 Å². The first-order chi connectivity index (χ1) is 3.41. The van der Waals surface area contributed by atoms with Crippen LogP contribution in [-0.4, -0.2) is 6.67 Å². The molecule has 39 valence electrons. The van der Waals surface area contributed by atoms with Gasteiger partial charge in [-0.05, 0) is 6.42 Å². The maximum absolute atomic E-state index is 11.1. The minimum Gasteiger partial charge on any atom is -0.237 e. The predicted molar refractivity (Wildman–Crippen MR) is 28.3 cm³/mol. The van der Waals surface area contributed by atoms with Gasteiger partial charge in [0.05, 0.1) is 0 Å². The van der Waals surface area contributed by atoms with Crippen molar-refractivity contribution in [3.05, 3.63) is 6.92 Å². The normalized spacial score (nSPS) is 7.14. The van der Waals surface area contributed by atoms with E-state index in [0.29, 0.717) is 6.42 Å². The zero-order chi connectivity index (χ0) is 5.54. The van der Waals surface area contributed by atoms with E-state index in [2.05, 4.69) is 18.8 Å². The summed E-state index contributed by atoms with van der Waals surface area (Å²) in [7, 11) is 0. The van der Waals surface area contributed by atoms with Crippen LogP contribution in [0.5, 0.6) is 0 Å². The Labute approximate surface area is 43.7 Å². The number of rotatable bonds is 1. The van der Waals surface area contributed by atoms with Crippen LogP contribution in [0.2, 0.25) is 0 Å². The van der Waals surface area contributed by atoms with E-state index in [1.54, 1.807) is 0 Å². The van der Waals surface area contributed by atoms with Gasteiger partial charge in [0.15, 0.2) is 0 Å². The van der Waals surface area contributed by atoms with Crippen molar-refractivity contribution in [2.45, 2.75) is 12.8 Å². The third-order valence-electron chi connectivity index (χ3n) is 0.494. The van der Waals surface area contributed by atoms with Gasteiger partial charge in [-0.3, -0.25) is 0 Å². The largest absolute Gasteiger partial charge is 0.237 e. The van der Waals surface area contributed by atoms with Crippen LogP contribution >= 0.6 is 0 Å². The van der Waals surface area contributed by atoms with Gasteiger partial charge in [-0.15, -0.1) is 5.92 Å². The molecule has 0 aliphatic heterocycles. The summed E-state index contributed by atoms with van der Waals surface area (Å²) in [5.41, 5.74) is 0. The Kier molecular flexibility index (Phi) is 5.09. The Bertz CT molecular complexity index is 75.9. The lowest BCUT2D eigenvalue weighted by Gasteiger charge is -1.73. The summed E-state index contributed by atoms with van der Waals surface area (Å²) >= 11 is 0. The van der Waals surface area contributed by atoms with E-state index in [1.807, 2.05) is 0 Å². The lowest BCUT2D eigenvalue weighted by molar-refractivity contribution is 0.573. The molecule has 0 aromatic rings. The predicted octanol–water partition coefficient (Wildman–Crippen LogP) is 1.57. The first-order valence-corrected chi connectivity index (χ1v) is 2.22. The minimum absolute atomic E-state index is 0.528. The summed E-state index contributed by atoms with van der Waals surface area (Å²) in [5.74, 6) is 4.89. The van der Waals surface area contributed by atoms with Crippen LogP contribution in [0.1, 0.15) is 12.8 Å². The highest BCUT2D eigenvalue weighted by Crippen LogP contribution is 1.79. The standard InChI is InChI=1S/C6H8F/c1-2-3-4-5-6-7/h1-3,6H2. The Morgan fingerprint density at radius 2 is 2.14 bits per heavy atom. The monoisotopic (exact) mass is 99.1 g/mol. The number of halogens is 1. The van der Waals surface area contributed by atoms with E-state index in [-0.39, 0.29) is 0 Å². The average molecular weight is 99.1 g/mol. The topological polar surface area (TPSA) is 0 Å². The summed E-state index contributed by atoms with van der Waals surface area (Å²) in [4.78, 5) is 0. The van der Waals surface area contributed by atoms with Gasteiger partial charge in [-0.2, -0.15) is 0 Å². The second kappa shape index (κ2) is 5.49. The fourth-order valence-electron chi connectivity index (χ4n) is 0.224. The van der Waals surface area contributed by atoms with Crippen LogP contribution in [0.4, 0.5) is 4.39 Å². The highest BCUT2D eigenvalue weighted by molar-refractivity contribution is 4.98. The highest BCUT2D eigenvalue weighted by atomic mass is 19.1. The average Bonchev–Trinajstić information content (AvgIpc) is 1.69. The van der Waals surface area contributed by atoms with Crippen molar-refractivity contribution in [1.29, 1.82) is 0 Å². The Hall–Kier alpha value is -0.510. The molecule has 0 saturated heterocycles. The molecule has 0 heterocycles. The lowest BCUT2D eigenvalue weighted by atomic mass is 10.3. The molecule has 0 atom stereocenters.